The Hall–Kier alpha value is -3.69. The number of esters is 1. The van der Waals surface area contributed by atoms with Crippen LogP contribution in [0.4, 0.5) is 15.8 Å². The number of nitrogens with zero attached hydrogens (tertiary/aromatic N) is 1. The predicted molar refractivity (Wildman–Crippen MR) is 98.7 cm³/mol. The Morgan fingerprint density at radius 1 is 1.21 bits per heavy atom. The molecule has 0 saturated heterocycles. The molecule has 1 aliphatic rings. The van der Waals surface area contributed by atoms with Crippen LogP contribution in [-0.2, 0) is 9.53 Å². The molecule has 0 aliphatic carbocycles. The van der Waals surface area contributed by atoms with Gasteiger partial charge in [-0.05, 0) is 31.5 Å². The number of anilines is 1. The molecule has 9 nitrogen and oxygen atoms in total. The molecule has 29 heavy (non-hydrogen) atoms. The minimum Gasteiger partial charge on any atom is -0.486 e. The Kier molecular flexibility index (Phi) is 5.62. The number of carbonyl (C=O) groups excluding carboxylic acids is 2. The van der Waals surface area contributed by atoms with Crippen LogP contribution in [-0.4, -0.2) is 36.1 Å². The maximum absolute atomic E-state index is 13.6. The van der Waals surface area contributed by atoms with Gasteiger partial charge in [-0.3, -0.25) is 14.9 Å². The third-order valence-corrected chi connectivity index (χ3v) is 4.17. The van der Waals surface area contributed by atoms with Gasteiger partial charge >= 0.3 is 5.97 Å². The molecular formula is C19H17FN2O7. The lowest BCUT2D eigenvalue weighted by atomic mass is 10.1. The van der Waals surface area contributed by atoms with Crippen molar-refractivity contribution in [3.63, 3.8) is 0 Å². The van der Waals surface area contributed by atoms with Gasteiger partial charge in [0.25, 0.3) is 11.6 Å². The lowest BCUT2D eigenvalue weighted by Crippen LogP contribution is -2.30. The van der Waals surface area contributed by atoms with Crippen molar-refractivity contribution in [3.05, 3.63) is 57.4 Å². The third kappa shape index (κ3) is 4.42. The van der Waals surface area contributed by atoms with Crippen molar-refractivity contribution in [2.75, 3.05) is 18.5 Å². The van der Waals surface area contributed by atoms with Crippen LogP contribution in [0.15, 0.2) is 30.3 Å². The molecule has 0 spiro atoms. The zero-order valence-electron chi connectivity index (χ0n) is 15.6. The van der Waals surface area contributed by atoms with Crippen LogP contribution in [0.2, 0.25) is 0 Å². The number of aryl methyl sites for hydroxylation is 1. The van der Waals surface area contributed by atoms with Crippen LogP contribution < -0.4 is 14.8 Å². The number of carbonyl (C=O) groups is 2. The average molecular weight is 404 g/mol. The maximum atomic E-state index is 13.6. The number of halogens is 1. The quantitative estimate of drug-likeness (QED) is 0.462. The molecular weight excluding hydrogens is 387 g/mol. The van der Waals surface area contributed by atoms with Crippen LogP contribution in [0.1, 0.15) is 22.8 Å². The van der Waals surface area contributed by atoms with E-state index in [0.29, 0.717) is 5.56 Å². The highest BCUT2D eigenvalue weighted by molar-refractivity contribution is 5.99. The van der Waals surface area contributed by atoms with E-state index in [0.717, 1.165) is 18.2 Å². The molecule has 0 saturated carbocycles. The number of fused-ring (bicyclic) bond motifs is 1. The van der Waals surface area contributed by atoms with E-state index in [4.69, 9.17) is 14.2 Å². The Morgan fingerprint density at radius 3 is 2.48 bits per heavy atom. The van der Waals surface area contributed by atoms with Gasteiger partial charge in [0, 0.05) is 11.8 Å². The van der Waals surface area contributed by atoms with Gasteiger partial charge in [-0.25, -0.2) is 9.18 Å². The van der Waals surface area contributed by atoms with Crippen molar-refractivity contribution in [1.82, 2.24) is 0 Å². The number of hydrogen-bond donors (Lipinski definition) is 1. The van der Waals surface area contributed by atoms with Gasteiger partial charge in [0.2, 0.25) is 0 Å². The third-order valence-electron chi connectivity index (χ3n) is 4.17. The maximum Gasteiger partial charge on any atom is 0.346 e. The van der Waals surface area contributed by atoms with E-state index in [1.807, 2.05) is 0 Å². The van der Waals surface area contributed by atoms with Crippen molar-refractivity contribution in [3.8, 4) is 11.5 Å². The van der Waals surface area contributed by atoms with E-state index in [1.54, 1.807) is 6.92 Å². The van der Waals surface area contributed by atoms with Gasteiger partial charge in [0.15, 0.2) is 17.6 Å². The number of rotatable bonds is 5. The fraction of sp³-hybridized carbons (Fsp3) is 0.263. The van der Waals surface area contributed by atoms with Crippen molar-refractivity contribution in [2.45, 2.75) is 20.0 Å². The lowest BCUT2D eigenvalue weighted by Gasteiger charge is -2.19. The average Bonchev–Trinajstić information content (AvgIpc) is 2.69. The molecule has 1 amide bonds. The number of amides is 1. The molecule has 0 radical (unpaired) electrons. The van der Waals surface area contributed by atoms with Gasteiger partial charge in [0.05, 0.1) is 11.0 Å². The summed E-state index contributed by atoms with van der Waals surface area (Å²) in [6, 6.07) is 6.34. The number of nitrogens with one attached hydrogen (secondary N) is 1. The molecule has 1 aliphatic heterocycles. The summed E-state index contributed by atoms with van der Waals surface area (Å²) in [5.74, 6) is -1.99. The zero-order chi connectivity index (χ0) is 21.1. The Balaban J connectivity index is 1.75. The lowest BCUT2D eigenvalue weighted by molar-refractivity contribution is -0.385. The SMILES string of the molecule is Cc1ccc(NC(=O)[C@@H](C)OC(=O)c2cc3c(cc2[N+](=O)[O-])OCCO3)cc1F. The molecule has 1 N–H and O–H groups in total. The predicted octanol–water partition coefficient (Wildman–Crippen LogP) is 3.00. The summed E-state index contributed by atoms with van der Waals surface area (Å²) in [4.78, 5) is 35.3. The molecule has 3 rings (SSSR count). The summed E-state index contributed by atoms with van der Waals surface area (Å²) in [5.41, 5.74) is -0.313. The summed E-state index contributed by atoms with van der Waals surface area (Å²) in [6.45, 7) is 3.32. The van der Waals surface area contributed by atoms with Crippen LogP contribution in [0.5, 0.6) is 11.5 Å². The summed E-state index contributed by atoms with van der Waals surface area (Å²) in [6.07, 6.45) is -1.29. The first kappa shape index (κ1) is 20.1. The number of ether oxygens (including phenoxy) is 3. The van der Waals surface area contributed by atoms with E-state index in [9.17, 15) is 24.1 Å². The van der Waals surface area contributed by atoms with Crippen molar-refractivity contribution in [2.24, 2.45) is 0 Å². The summed E-state index contributed by atoms with van der Waals surface area (Å²) >= 11 is 0. The van der Waals surface area contributed by atoms with Crippen molar-refractivity contribution >= 4 is 23.3 Å². The first-order valence-electron chi connectivity index (χ1n) is 8.62. The molecule has 0 fully saturated rings. The van der Waals surface area contributed by atoms with E-state index >= 15 is 0 Å². The zero-order valence-corrected chi connectivity index (χ0v) is 15.6. The highest BCUT2D eigenvalue weighted by atomic mass is 19.1. The smallest absolute Gasteiger partial charge is 0.346 e. The topological polar surface area (TPSA) is 117 Å². The van der Waals surface area contributed by atoms with Crippen LogP contribution in [0, 0.1) is 22.9 Å². The number of nitro benzene ring substituents is 1. The normalized spacial score (nSPS) is 13.3. The molecule has 0 bridgehead atoms. The fourth-order valence-electron chi connectivity index (χ4n) is 2.58. The first-order valence-corrected chi connectivity index (χ1v) is 8.62. The molecule has 10 heteroatoms. The van der Waals surface area contributed by atoms with Crippen molar-refractivity contribution < 1.29 is 33.1 Å². The second kappa shape index (κ2) is 8.13. The van der Waals surface area contributed by atoms with Crippen LogP contribution in [0.3, 0.4) is 0 Å². The van der Waals surface area contributed by atoms with Gasteiger partial charge in [-0.2, -0.15) is 0 Å². The summed E-state index contributed by atoms with van der Waals surface area (Å²) in [7, 11) is 0. The minimum atomic E-state index is -1.29. The molecule has 2 aromatic carbocycles. The van der Waals surface area contributed by atoms with Crippen molar-refractivity contribution in [1.29, 1.82) is 0 Å². The molecule has 0 aromatic heterocycles. The highest BCUT2D eigenvalue weighted by Crippen LogP contribution is 2.37. The molecule has 1 atom stereocenters. The molecule has 0 unspecified atom stereocenters. The van der Waals surface area contributed by atoms with Gasteiger partial charge in [-0.1, -0.05) is 6.07 Å². The summed E-state index contributed by atoms with van der Waals surface area (Å²) in [5, 5.41) is 13.7. The van der Waals surface area contributed by atoms with Crippen LogP contribution >= 0.6 is 0 Å². The Bertz CT molecular complexity index is 993. The number of hydrogen-bond acceptors (Lipinski definition) is 7. The van der Waals surface area contributed by atoms with E-state index in [2.05, 4.69) is 5.32 Å². The number of benzene rings is 2. The number of nitro groups is 1. The second-order valence-electron chi connectivity index (χ2n) is 6.27. The van der Waals surface area contributed by atoms with E-state index < -0.39 is 34.4 Å². The van der Waals surface area contributed by atoms with Crippen LogP contribution in [0.25, 0.3) is 0 Å². The Morgan fingerprint density at radius 2 is 1.86 bits per heavy atom. The van der Waals surface area contributed by atoms with E-state index in [1.165, 1.54) is 19.1 Å². The fourth-order valence-corrected chi connectivity index (χ4v) is 2.58. The van der Waals surface area contributed by atoms with E-state index in [-0.39, 0.29) is 36.0 Å². The molecule has 1 heterocycles. The van der Waals surface area contributed by atoms with Gasteiger partial charge < -0.3 is 19.5 Å². The van der Waals surface area contributed by atoms with Gasteiger partial charge in [-0.15, -0.1) is 0 Å². The Labute approximate surface area is 164 Å². The molecule has 2 aromatic rings. The molecule has 152 valence electrons. The second-order valence-corrected chi connectivity index (χ2v) is 6.27. The monoisotopic (exact) mass is 404 g/mol. The van der Waals surface area contributed by atoms with Gasteiger partial charge in [0.1, 0.15) is 24.6 Å². The first-order chi connectivity index (χ1) is 13.8. The summed E-state index contributed by atoms with van der Waals surface area (Å²) < 4.78 is 29.3. The largest absolute Gasteiger partial charge is 0.486 e. The minimum absolute atomic E-state index is 0.145. The standard InChI is InChI=1S/C19H17FN2O7/c1-10-3-4-12(7-14(10)20)21-18(23)11(2)29-19(24)13-8-16-17(28-6-5-27-16)9-15(13)22(25)26/h3-4,7-9,11H,5-6H2,1-2H3,(H,21,23)/t11-/m1/s1. The highest BCUT2D eigenvalue weighted by Gasteiger charge is 2.29.